The van der Waals surface area contributed by atoms with Gasteiger partial charge in [-0.15, -0.1) is 11.3 Å². The molecular weight excluding hydrogens is 464 g/mol. The Morgan fingerprint density at radius 2 is 2.03 bits per heavy atom. The van der Waals surface area contributed by atoms with Gasteiger partial charge < -0.3 is 20.3 Å². The van der Waals surface area contributed by atoms with E-state index >= 15 is 0 Å². The number of hydrogen-bond acceptors (Lipinski definition) is 9. The molecule has 3 aliphatic rings. The van der Waals surface area contributed by atoms with Crippen LogP contribution in [0, 0.1) is 6.92 Å². The predicted molar refractivity (Wildman–Crippen MR) is 136 cm³/mol. The topological polar surface area (TPSA) is 111 Å². The van der Waals surface area contributed by atoms with E-state index in [1.54, 1.807) is 11.3 Å². The van der Waals surface area contributed by atoms with E-state index in [0.717, 1.165) is 79.5 Å². The summed E-state index contributed by atoms with van der Waals surface area (Å²) in [6, 6.07) is 4.79. The summed E-state index contributed by atoms with van der Waals surface area (Å²) in [6.07, 6.45) is 5.19. The molecule has 3 N–H and O–H groups in total. The number of rotatable bonds is 6. The number of fused-ring (bicyclic) bond motifs is 3. The van der Waals surface area contributed by atoms with Crippen molar-refractivity contribution in [1.82, 2.24) is 30.0 Å². The quantitative estimate of drug-likeness (QED) is 0.477. The Labute approximate surface area is 208 Å². The lowest BCUT2D eigenvalue weighted by Crippen LogP contribution is -2.59. The molecule has 3 aliphatic heterocycles. The Morgan fingerprint density at radius 3 is 2.77 bits per heavy atom. The number of anilines is 3. The molecule has 11 heteroatoms. The van der Waals surface area contributed by atoms with E-state index < -0.39 is 0 Å². The van der Waals surface area contributed by atoms with Crippen LogP contribution >= 0.6 is 11.3 Å². The second-order valence-electron chi connectivity index (χ2n) is 9.83. The first-order chi connectivity index (χ1) is 17.1. The molecular formula is C24H32N8O2S. The highest BCUT2D eigenvalue weighted by atomic mass is 32.1. The Hall–Kier alpha value is -2.76. The molecule has 0 unspecified atom stereocenters. The number of carbonyl (C=O) groups is 1. The third-order valence-electron chi connectivity index (χ3n) is 7.31. The molecule has 1 amide bonds. The fourth-order valence-electron chi connectivity index (χ4n) is 5.74. The summed E-state index contributed by atoms with van der Waals surface area (Å²) in [4.78, 5) is 27.3. The number of aryl methyl sites for hydroxylation is 1. The van der Waals surface area contributed by atoms with Gasteiger partial charge in [0, 0.05) is 43.0 Å². The van der Waals surface area contributed by atoms with Crippen LogP contribution < -0.4 is 10.6 Å². The van der Waals surface area contributed by atoms with E-state index in [9.17, 15) is 4.79 Å². The molecule has 0 aliphatic carbocycles. The number of aromatic amines is 1. The van der Waals surface area contributed by atoms with Crippen molar-refractivity contribution in [2.45, 2.75) is 57.2 Å². The summed E-state index contributed by atoms with van der Waals surface area (Å²) in [5.41, 5.74) is 1.91. The maximum Gasteiger partial charge on any atom is 0.237 e. The number of carbonyl (C=O) groups excluding carboxylic acids is 1. The number of morpholine rings is 1. The highest BCUT2D eigenvalue weighted by Crippen LogP contribution is 2.36. The molecule has 10 nitrogen and oxygen atoms in total. The van der Waals surface area contributed by atoms with Crippen molar-refractivity contribution in [3.05, 3.63) is 23.2 Å². The molecule has 0 radical (unpaired) electrons. The van der Waals surface area contributed by atoms with Gasteiger partial charge in [-0.1, -0.05) is 0 Å². The second-order valence-corrected chi connectivity index (χ2v) is 10.7. The van der Waals surface area contributed by atoms with Crippen LogP contribution in [0.15, 0.2) is 17.5 Å². The molecule has 2 bridgehead atoms. The van der Waals surface area contributed by atoms with E-state index in [1.807, 2.05) is 24.4 Å². The van der Waals surface area contributed by atoms with E-state index in [4.69, 9.17) is 14.7 Å². The van der Waals surface area contributed by atoms with Crippen molar-refractivity contribution in [3.8, 4) is 0 Å². The molecule has 6 rings (SSSR count). The van der Waals surface area contributed by atoms with Gasteiger partial charge in [0.2, 0.25) is 11.9 Å². The van der Waals surface area contributed by atoms with Gasteiger partial charge in [-0.3, -0.25) is 14.8 Å². The molecule has 0 spiro atoms. The summed E-state index contributed by atoms with van der Waals surface area (Å²) < 4.78 is 6.45. The average Bonchev–Trinajstić information content (AvgIpc) is 3.48. The highest BCUT2D eigenvalue weighted by molar-refractivity contribution is 7.17. The van der Waals surface area contributed by atoms with Crippen LogP contribution in [0.3, 0.4) is 0 Å². The van der Waals surface area contributed by atoms with Crippen LogP contribution in [-0.2, 0) is 9.53 Å². The summed E-state index contributed by atoms with van der Waals surface area (Å²) >= 11 is 1.62. The Kier molecular flexibility index (Phi) is 6.29. The van der Waals surface area contributed by atoms with Crippen LogP contribution in [0.4, 0.5) is 17.6 Å². The first kappa shape index (κ1) is 22.7. The molecule has 3 saturated heterocycles. The molecule has 3 atom stereocenters. The fourth-order valence-corrected chi connectivity index (χ4v) is 6.51. The van der Waals surface area contributed by atoms with Crippen LogP contribution in [0.2, 0.25) is 0 Å². The van der Waals surface area contributed by atoms with Gasteiger partial charge in [-0.2, -0.15) is 10.1 Å². The molecule has 3 fully saturated rings. The molecule has 35 heavy (non-hydrogen) atoms. The number of piperidine rings is 2. The zero-order chi connectivity index (χ0) is 23.8. The largest absolute Gasteiger partial charge is 0.379 e. The monoisotopic (exact) mass is 496 g/mol. The zero-order valence-corrected chi connectivity index (χ0v) is 20.8. The van der Waals surface area contributed by atoms with Crippen molar-refractivity contribution < 1.29 is 9.53 Å². The Bertz CT molecular complexity index is 1180. The maximum atomic E-state index is 13.3. The number of nitrogens with zero attached hydrogens (tertiary/aromatic N) is 5. The van der Waals surface area contributed by atoms with Gasteiger partial charge in [0.15, 0.2) is 11.6 Å². The lowest BCUT2D eigenvalue weighted by Gasteiger charge is -2.49. The lowest BCUT2D eigenvalue weighted by molar-refractivity contribution is -0.143. The van der Waals surface area contributed by atoms with Gasteiger partial charge in [0.1, 0.15) is 0 Å². The van der Waals surface area contributed by atoms with Crippen LogP contribution in [0.5, 0.6) is 0 Å². The number of thiophene rings is 1. The SMILES string of the molecule is Cc1cc(Nc2nc(N[C@@H]3C[C@H]4CCC[C@@H](C3)N4C(=O)CN3CCOCC3)nc3ccsc23)n[nH]1. The number of aromatic nitrogens is 4. The number of H-pyrrole nitrogens is 1. The summed E-state index contributed by atoms with van der Waals surface area (Å²) in [5, 5.41) is 16.2. The van der Waals surface area contributed by atoms with Crippen LogP contribution in [0.1, 0.15) is 37.8 Å². The standard InChI is InChI=1S/C24H32N8O2S/c1-15-11-20(30-29-15)27-23-22-19(5-10-35-22)26-24(28-23)25-16-12-17-3-2-4-18(13-16)32(17)21(33)14-31-6-8-34-9-7-31/h5,10-11,16-18H,2-4,6-9,12-14H2,1H3,(H3,25,26,27,28,29,30)/t16-,17-,18+. The predicted octanol–water partition coefficient (Wildman–Crippen LogP) is 3.12. The minimum absolute atomic E-state index is 0.245. The molecule has 6 heterocycles. The minimum Gasteiger partial charge on any atom is -0.379 e. The maximum absolute atomic E-state index is 13.3. The van der Waals surface area contributed by atoms with E-state index in [0.29, 0.717) is 12.5 Å². The molecule has 0 aromatic carbocycles. The summed E-state index contributed by atoms with van der Waals surface area (Å²) in [6.45, 7) is 5.61. The second kappa shape index (κ2) is 9.71. The third kappa shape index (κ3) is 4.85. The highest BCUT2D eigenvalue weighted by Gasteiger charge is 2.41. The van der Waals surface area contributed by atoms with E-state index in [-0.39, 0.29) is 24.0 Å². The van der Waals surface area contributed by atoms with Crippen molar-refractivity contribution in [2.75, 3.05) is 43.5 Å². The fraction of sp³-hybridized carbons (Fsp3) is 0.583. The van der Waals surface area contributed by atoms with Crippen LogP contribution in [0.25, 0.3) is 10.2 Å². The lowest BCUT2D eigenvalue weighted by atomic mass is 9.81. The van der Waals surface area contributed by atoms with Gasteiger partial charge in [0.05, 0.1) is 30.0 Å². The molecule has 3 aromatic heterocycles. The number of nitrogens with one attached hydrogen (secondary N) is 3. The molecule has 0 saturated carbocycles. The first-order valence-corrected chi connectivity index (χ1v) is 13.4. The smallest absolute Gasteiger partial charge is 0.237 e. The Balaban J connectivity index is 1.16. The van der Waals surface area contributed by atoms with Gasteiger partial charge >= 0.3 is 0 Å². The van der Waals surface area contributed by atoms with Gasteiger partial charge in [-0.25, -0.2) is 4.98 Å². The van der Waals surface area contributed by atoms with Crippen molar-refractivity contribution in [1.29, 1.82) is 0 Å². The summed E-state index contributed by atoms with van der Waals surface area (Å²) in [5.74, 6) is 2.40. The zero-order valence-electron chi connectivity index (χ0n) is 20.0. The summed E-state index contributed by atoms with van der Waals surface area (Å²) in [7, 11) is 0. The normalized spacial score (nSPS) is 25.1. The van der Waals surface area contributed by atoms with Crippen LogP contribution in [-0.4, -0.2) is 86.8 Å². The molecule has 186 valence electrons. The first-order valence-electron chi connectivity index (χ1n) is 12.5. The number of amides is 1. The van der Waals surface area contributed by atoms with Gasteiger partial charge in [-0.05, 0) is 50.5 Å². The number of ether oxygens (including phenoxy) is 1. The molecule has 3 aromatic rings. The van der Waals surface area contributed by atoms with Crippen molar-refractivity contribution in [2.24, 2.45) is 0 Å². The van der Waals surface area contributed by atoms with E-state index in [2.05, 4.69) is 30.6 Å². The van der Waals surface area contributed by atoms with Crippen molar-refractivity contribution >= 4 is 45.0 Å². The number of hydrogen-bond donors (Lipinski definition) is 3. The van der Waals surface area contributed by atoms with E-state index in [1.165, 1.54) is 6.42 Å². The third-order valence-corrected chi connectivity index (χ3v) is 8.22. The van der Waals surface area contributed by atoms with Crippen molar-refractivity contribution in [3.63, 3.8) is 0 Å². The van der Waals surface area contributed by atoms with Gasteiger partial charge in [0.25, 0.3) is 0 Å². The average molecular weight is 497 g/mol. The minimum atomic E-state index is 0.245. The Morgan fingerprint density at radius 1 is 1.23 bits per heavy atom.